The summed E-state index contributed by atoms with van der Waals surface area (Å²) in [5.74, 6) is -5.00. The number of methoxy groups -OCH3 is 2. The number of ether oxygens (including phenoxy) is 7. The van der Waals surface area contributed by atoms with Crippen molar-refractivity contribution in [3.05, 3.63) is 23.8 Å². The number of carboxylic acids is 2. The second kappa shape index (κ2) is 29.2. The van der Waals surface area contributed by atoms with E-state index < -0.39 is 128 Å². The number of aliphatic hydroxyl groups is 6. The van der Waals surface area contributed by atoms with Gasteiger partial charge in [-0.25, -0.2) is 9.59 Å². The molecule has 0 aromatic carbocycles. The number of hydrogen-bond donors (Lipinski definition) is 8. The summed E-state index contributed by atoms with van der Waals surface area (Å²) in [5.41, 5.74) is 0.761. The highest BCUT2D eigenvalue weighted by atomic mass is 16.7. The molecule has 0 amide bonds. The number of piperidine rings is 1. The van der Waals surface area contributed by atoms with E-state index in [1.807, 2.05) is 33.8 Å². The van der Waals surface area contributed by atoms with Crippen LogP contribution in [0.3, 0.4) is 0 Å². The van der Waals surface area contributed by atoms with Gasteiger partial charge < -0.3 is 83.8 Å². The number of cyclic esters (lactones) is 1. The van der Waals surface area contributed by atoms with Gasteiger partial charge in [0.2, 0.25) is 0 Å². The molecule has 21 heteroatoms. The molecule has 0 bridgehead atoms. The van der Waals surface area contributed by atoms with Gasteiger partial charge in [-0.05, 0) is 90.9 Å². The monoisotopic (exact) mass is 1020 g/mol. The molecule has 8 N–H and O–H groups in total. The van der Waals surface area contributed by atoms with Gasteiger partial charge in [-0.1, -0.05) is 52.3 Å². The van der Waals surface area contributed by atoms with Gasteiger partial charge in [0.1, 0.15) is 30.5 Å². The average Bonchev–Trinajstić information content (AvgIpc) is 3.30. The lowest BCUT2D eigenvalue weighted by molar-refractivity contribution is -0.304. The summed E-state index contributed by atoms with van der Waals surface area (Å²) in [7, 11) is 6.54. The first-order chi connectivity index (χ1) is 33.3. The third kappa shape index (κ3) is 17.8. The molecular formula is C50H86N2O19. The Hall–Kier alpha value is -3.00. The van der Waals surface area contributed by atoms with Crippen molar-refractivity contribution in [1.82, 2.24) is 9.80 Å². The number of aliphatic hydroxyl groups excluding tert-OH is 6. The first-order valence-corrected chi connectivity index (χ1v) is 24.9. The van der Waals surface area contributed by atoms with E-state index in [1.54, 1.807) is 45.0 Å². The van der Waals surface area contributed by atoms with Crippen LogP contribution in [0.25, 0.3) is 0 Å². The number of aliphatic carboxylic acids is 2. The molecule has 0 aromatic rings. The number of allylic oxidation sites excluding steroid dienone is 3. The summed E-state index contributed by atoms with van der Waals surface area (Å²) in [6, 6.07) is -0.684. The van der Waals surface area contributed by atoms with E-state index >= 15 is 0 Å². The fraction of sp³-hybridized carbons (Fsp3) is 0.840. The summed E-state index contributed by atoms with van der Waals surface area (Å²) in [6.45, 7) is 18.2. The molecule has 4 rings (SSSR count). The molecule has 4 heterocycles. The largest absolute Gasteiger partial charge is 0.479 e. The summed E-state index contributed by atoms with van der Waals surface area (Å²) in [5, 5.41) is 77.8. The first kappa shape index (κ1) is 62.3. The quantitative estimate of drug-likeness (QED) is 0.107. The van der Waals surface area contributed by atoms with Gasteiger partial charge in [0.25, 0.3) is 0 Å². The molecule has 0 aliphatic carbocycles. The predicted molar refractivity (Wildman–Crippen MR) is 256 cm³/mol. The highest BCUT2D eigenvalue weighted by Gasteiger charge is 2.48. The summed E-state index contributed by atoms with van der Waals surface area (Å²) in [6.07, 6.45) is -7.49. The van der Waals surface area contributed by atoms with E-state index in [9.17, 15) is 39.6 Å². The standard InChI is InChI=1S/C46H80N2O13.C4H6O6/c1-13-36-33(24-57-46-44(56-12)43(55-11)40(53)31(8)59-46)19-25(2)14-15-34(49)28(5)20-32(16-17-48-22-26(3)18-27(4)23-48)42(29(6)35(50)21-37(51)60-36)61-45-41(54)38(47(9)10)39(52)30(7)58-45;5-1(3(7)8)2(6)4(9)10/h14-15,19,26-33,35-36,38-46,50,52-54H,13,16-18,20-24H2,1-12H3;1-2,5-6H,(H,7,8)(H,9,10)/b15-14+,25-19+;/t26-,27+,28-,29+,30-,31-,32+,33-,35-,36-,38+,39-,40-,41-,42-,43-,44-,45+,46-;/m1./s1. The number of nitrogens with zero attached hydrogens (tertiary/aromatic N) is 2. The van der Waals surface area contributed by atoms with E-state index in [1.165, 1.54) is 20.6 Å². The maximum Gasteiger partial charge on any atom is 0.335 e. The van der Waals surface area contributed by atoms with Crippen molar-refractivity contribution in [3.63, 3.8) is 0 Å². The molecule has 3 fully saturated rings. The minimum absolute atomic E-state index is 0.0427. The van der Waals surface area contributed by atoms with Crippen LogP contribution in [0, 0.1) is 35.5 Å². The van der Waals surface area contributed by atoms with Crippen LogP contribution in [0.1, 0.15) is 87.5 Å². The number of likely N-dealkylation sites (N-methyl/N-ethyl adjacent to an activating group) is 1. The molecule has 21 nitrogen and oxygen atoms in total. The molecule has 0 spiro atoms. The number of esters is 1. The zero-order valence-electron chi connectivity index (χ0n) is 43.7. The van der Waals surface area contributed by atoms with Crippen LogP contribution in [-0.4, -0.2) is 221 Å². The van der Waals surface area contributed by atoms with E-state index in [0.717, 1.165) is 25.2 Å². The Morgan fingerprint density at radius 3 is 1.90 bits per heavy atom. The maximum atomic E-state index is 14.0. The van der Waals surface area contributed by atoms with Crippen molar-refractivity contribution in [2.45, 2.75) is 179 Å². The second-order valence-electron chi connectivity index (χ2n) is 20.5. The normalized spacial score (nSPS) is 40.3. The maximum absolute atomic E-state index is 14.0. The molecule has 21 atom stereocenters. The Kier molecular flexibility index (Phi) is 25.6. The van der Waals surface area contributed by atoms with Crippen LogP contribution in [-0.2, 0) is 52.3 Å². The zero-order chi connectivity index (χ0) is 53.6. The number of carbonyl (C=O) groups is 4. The Morgan fingerprint density at radius 2 is 1.37 bits per heavy atom. The molecule has 0 aromatic heterocycles. The van der Waals surface area contributed by atoms with Crippen LogP contribution >= 0.6 is 0 Å². The molecule has 4 aliphatic rings. The minimum atomic E-state index is -2.27. The zero-order valence-corrected chi connectivity index (χ0v) is 43.7. The van der Waals surface area contributed by atoms with Gasteiger partial charge in [0.15, 0.2) is 30.6 Å². The lowest BCUT2D eigenvalue weighted by Gasteiger charge is -2.47. The number of carboxylic acid groups (broad SMARTS) is 2. The molecular weight excluding hydrogens is 933 g/mol. The molecule has 3 saturated heterocycles. The number of hydrogen-bond acceptors (Lipinski definition) is 19. The fourth-order valence-electron chi connectivity index (χ4n) is 10.3. The van der Waals surface area contributed by atoms with Crippen molar-refractivity contribution in [2.75, 3.05) is 54.6 Å². The van der Waals surface area contributed by atoms with E-state index in [2.05, 4.69) is 18.7 Å². The van der Waals surface area contributed by atoms with Gasteiger partial charge in [0, 0.05) is 45.1 Å². The van der Waals surface area contributed by atoms with Crippen LogP contribution in [0.2, 0.25) is 0 Å². The van der Waals surface area contributed by atoms with Crippen molar-refractivity contribution in [2.24, 2.45) is 35.5 Å². The van der Waals surface area contributed by atoms with Crippen LogP contribution in [0.15, 0.2) is 23.8 Å². The third-order valence-corrected chi connectivity index (χ3v) is 14.3. The van der Waals surface area contributed by atoms with Crippen LogP contribution in [0.4, 0.5) is 0 Å². The summed E-state index contributed by atoms with van der Waals surface area (Å²) >= 11 is 0. The average molecular weight is 1020 g/mol. The third-order valence-electron chi connectivity index (χ3n) is 14.3. The van der Waals surface area contributed by atoms with Crippen LogP contribution < -0.4 is 0 Å². The number of ketones is 1. The first-order valence-electron chi connectivity index (χ1n) is 24.9. The predicted octanol–water partition coefficient (Wildman–Crippen LogP) is 1.22. The van der Waals surface area contributed by atoms with E-state index in [-0.39, 0.29) is 24.7 Å². The van der Waals surface area contributed by atoms with Crippen molar-refractivity contribution in [1.29, 1.82) is 0 Å². The van der Waals surface area contributed by atoms with Crippen molar-refractivity contribution >= 4 is 23.7 Å². The Balaban J connectivity index is 0.00000119. The minimum Gasteiger partial charge on any atom is -0.479 e. The molecule has 71 heavy (non-hydrogen) atoms. The highest BCUT2D eigenvalue weighted by molar-refractivity contribution is 5.91. The second-order valence-corrected chi connectivity index (χ2v) is 20.5. The lowest BCUT2D eigenvalue weighted by atomic mass is 9.79. The number of carbonyl (C=O) groups excluding carboxylic acids is 2. The van der Waals surface area contributed by atoms with Gasteiger partial charge in [0.05, 0.1) is 49.6 Å². The highest BCUT2D eigenvalue weighted by Crippen LogP contribution is 2.36. The summed E-state index contributed by atoms with van der Waals surface area (Å²) in [4.78, 5) is 51.6. The molecule has 0 saturated carbocycles. The molecule has 2 unspecified atom stereocenters. The van der Waals surface area contributed by atoms with Crippen LogP contribution in [0.5, 0.6) is 0 Å². The van der Waals surface area contributed by atoms with Crippen molar-refractivity contribution in [3.8, 4) is 0 Å². The molecule has 4 aliphatic heterocycles. The topological polar surface area (TPSA) is 301 Å². The lowest BCUT2D eigenvalue weighted by Crippen LogP contribution is -2.63. The van der Waals surface area contributed by atoms with Gasteiger partial charge in [-0.3, -0.25) is 9.59 Å². The van der Waals surface area contributed by atoms with Gasteiger partial charge >= 0.3 is 17.9 Å². The fourth-order valence-corrected chi connectivity index (χ4v) is 10.3. The van der Waals surface area contributed by atoms with E-state index in [4.69, 9.17) is 53.6 Å². The van der Waals surface area contributed by atoms with Gasteiger partial charge in [-0.15, -0.1) is 0 Å². The Morgan fingerprint density at radius 1 is 0.803 bits per heavy atom. The van der Waals surface area contributed by atoms with Gasteiger partial charge in [-0.2, -0.15) is 0 Å². The van der Waals surface area contributed by atoms with E-state index in [0.29, 0.717) is 31.1 Å². The summed E-state index contributed by atoms with van der Waals surface area (Å²) < 4.78 is 42.6. The molecule has 410 valence electrons. The Bertz CT molecular complexity index is 1710. The SMILES string of the molecule is CC[C@H]1OC(=O)C[C@@H](O)[C@H](C)[C@@H](O[C@@H]2O[C@H](C)[C@@H](O)[C@H](N(C)C)[C@H]2O)[C@@H](CCN2C[C@H](C)C[C@H](C)C2)C[C@@H](C)C(=O)/C=C/C(C)=C/[C@@H]1CO[C@@H]1O[C@H](C)[C@@H](O)[C@@H](OC)[C@H]1OC.O=C(O)C(O)C(O)C(=O)O. The number of rotatable bonds is 15. The Labute approximate surface area is 419 Å². The number of likely N-dealkylation sites (tertiary alicyclic amines) is 1. The smallest absolute Gasteiger partial charge is 0.335 e. The van der Waals surface area contributed by atoms with Crippen molar-refractivity contribution < 1.29 is 93.2 Å². The molecule has 0 radical (unpaired) electrons.